The highest BCUT2D eigenvalue weighted by molar-refractivity contribution is 7.92. The topological polar surface area (TPSA) is 55.2 Å². The highest BCUT2D eigenvalue weighted by Crippen LogP contribution is 2.32. The standard InChI is InChI=1S/C19H29N3O2S/c1-8-22(16-11-9-10-15(4)12-16)25(23,24)17-13-21(14(2)3)20-18(17)19(5,6)7/h9-14H,8H2,1-7H3. The second kappa shape index (κ2) is 6.83. The van der Waals surface area contributed by atoms with E-state index in [0.717, 1.165) is 5.56 Å². The summed E-state index contributed by atoms with van der Waals surface area (Å²) in [6.07, 6.45) is 1.67. The Hall–Kier alpha value is -1.82. The quantitative estimate of drug-likeness (QED) is 0.796. The molecule has 0 amide bonds. The zero-order chi connectivity index (χ0) is 19.0. The molecule has 0 bridgehead atoms. The van der Waals surface area contributed by atoms with Gasteiger partial charge in [0.15, 0.2) is 0 Å². The van der Waals surface area contributed by atoms with E-state index in [9.17, 15) is 8.42 Å². The second-order valence-electron chi connectivity index (χ2n) is 7.67. The third kappa shape index (κ3) is 3.89. The van der Waals surface area contributed by atoms with Gasteiger partial charge in [0.05, 0.1) is 11.4 Å². The van der Waals surface area contributed by atoms with Crippen LogP contribution in [0.3, 0.4) is 0 Å². The molecule has 0 saturated carbocycles. The summed E-state index contributed by atoms with van der Waals surface area (Å²) < 4.78 is 30.1. The van der Waals surface area contributed by atoms with Crippen molar-refractivity contribution in [2.75, 3.05) is 10.8 Å². The van der Waals surface area contributed by atoms with Crippen LogP contribution in [0, 0.1) is 6.92 Å². The highest BCUT2D eigenvalue weighted by atomic mass is 32.2. The number of benzene rings is 1. The van der Waals surface area contributed by atoms with Crippen molar-refractivity contribution in [2.24, 2.45) is 0 Å². The Labute approximate surface area is 151 Å². The van der Waals surface area contributed by atoms with Gasteiger partial charge in [0.2, 0.25) is 0 Å². The van der Waals surface area contributed by atoms with Crippen molar-refractivity contribution in [1.82, 2.24) is 9.78 Å². The van der Waals surface area contributed by atoms with Gasteiger partial charge >= 0.3 is 0 Å². The maximum Gasteiger partial charge on any atom is 0.267 e. The molecule has 0 unspecified atom stereocenters. The monoisotopic (exact) mass is 363 g/mol. The normalized spacial score (nSPS) is 12.6. The second-order valence-corrected chi connectivity index (χ2v) is 9.51. The van der Waals surface area contributed by atoms with Crippen LogP contribution in [-0.4, -0.2) is 24.7 Å². The molecule has 0 fully saturated rings. The SMILES string of the molecule is CCN(c1cccc(C)c1)S(=O)(=O)c1cn(C(C)C)nc1C(C)(C)C. The minimum atomic E-state index is -3.70. The molecule has 2 aromatic rings. The summed E-state index contributed by atoms with van der Waals surface area (Å²) in [5, 5.41) is 4.59. The van der Waals surface area contributed by atoms with E-state index in [1.54, 1.807) is 10.9 Å². The van der Waals surface area contributed by atoms with Crippen LogP contribution in [0.2, 0.25) is 0 Å². The van der Waals surface area contributed by atoms with Crippen molar-refractivity contribution in [3.05, 3.63) is 41.7 Å². The van der Waals surface area contributed by atoms with E-state index >= 15 is 0 Å². The molecule has 0 aliphatic rings. The first-order valence-corrected chi connectivity index (χ1v) is 10.1. The number of aromatic nitrogens is 2. The van der Waals surface area contributed by atoms with Gasteiger partial charge in [0.25, 0.3) is 10.0 Å². The predicted molar refractivity (Wildman–Crippen MR) is 103 cm³/mol. The van der Waals surface area contributed by atoms with E-state index in [0.29, 0.717) is 17.9 Å². The molecule has 6 heteroatoms. The summed E-state index contributed by atoms with van der Waals surface area (Å²) >= 11 is 0. The van der Waals surface area contributed by atoms with Crippen molar-refractivity contribution in [1.29, 1.82) is 0 Å². The lowest BCUT2D eigenvalue weighted by atomic mass is 9.92. The van der Waals surface area contributed by atoms with Gasteiger partial charge in [-0.1, -0.05) is 32.9 Å². The van der Waals surface area contributed by atoms with Gasteiger partial charge in [0.1, 0.15) is 4.90 Å². The number of rotatable bonds is 5. The van der Waals surface area contributed by atoms with Gasteiger partial charge < -0.3 is 0 Å². The lowest BCUT2D eigenvalue weighted by Crippen LogP contribution is -2.32. The molecule has 0 radical (unpaired) electrons. The number of sulfonamides is 1. The molecule has 1 aromatic heterocycles. The molecule has 0 spiro atoms. The molecule has 2 rings (SSSR count). The van der Waals surface area contributed by atoms with Crippen LogP contribution in [0.25, 0.3) is 0 Å². The number of nitrogens with zero attached hydrogens (tertiary/aromatic N) is 3. The van der Waals surface area contributed by atoms with Crippen molar-refractivity contribution in [2.45, 2.75) is 64.8 Å². The van der Waals surface area contributed by atoms with Crippen LogP contribution in [0.15, 0.2) is 35.4 Å². The molecule has 0 saturated heterocycles. The molecule has 1 heterocycles. The Balaban J connectivity index is 2.65. The van der Waals surface area contributed by atoms with E-state index in [4.69, 9.17) is 0 Å². The van der Waals surface area contributed by atoms with Crippen molar-refractivity contribution in [3.63, 3.8) is 0 Å². The largest absolute Gasteiger partial charge is 0.269 e. The fraction of sp³-hybridized carbons (Fsp3) is 0.526. The Morgan fingerprint density at radius 2 is 1.88 bits per heavy atom. The molecule has 25 heavy (non-hydrogen) atoms. The number of anilines is 1. The average Bonchev–Trinajstić information content (AvgIpc) is 2.94. The van der Waals surface area contributed by atoms with Gasteiger partial charge in [-0.2, -0.15) is 5.10 Å². The number of hydrogen-bond acceptors (Lipinski definition) is 3. The van der Waals surface area contributed by atoms with E-state index < -0.39 is 10.0 Å². The molecule has 0 aliphatic heterocycles. The third-order valence-corrected chi connectivity index (χ3v) is 5.99. The van der Waals surface area contributed by atoms with Crippen molar-refractivity contribution >= 4 is 15.7 Å². The summed E-state index contributed by atoms with van der Waals surface area (Å²) in [6, 6.07) is 7.66. The van der Waals surface area contributed by atoms with Gasteiger partial charge in [-0.25, -0.2) is 8.42 Å². The first-order chi connectivity index (χ1) is 11.5. The first kappa shape index (κ1) is 19.5. The smallest absolute Gasteiger partial charge is 0.267 e. The van der Waals surface area contributed by atoms with Crippen molar-refractivity contribution in [3.8, 4) is 0 Å². The molecular weight excluding hydrogens is 334 g/mol. The maximum atomic E-state index is 13.5. The van der Waals surface area contributed by atoms with Gasteiger partial charge in [-0.3, -0.25) is 8.99 Å². The van der Waals surface area contributed by atoms with Crippen LogP contribution in [0.1, 0.15) is 58.8 Å². The Morgan fingerprint density at radius 1 is 1.24 bits per heavy atom. The minimum absolute atomic E-state index is 0.0964. The van der Waals surface area contributed by atoms with E-state index in [-0.39, 0.29) is 16.4 Å². The fourth-order valence-electron chi connectivity index (χ4n) is 2.74. The number of aryl methyl sites for hydroxylation is 1. The molecule has 0 atom stereocenters. The Kier molecular flexibility index (Phi) is 5.33. The first-order valence-electron chi connectivity index (χ1n) is 8.67. The van der Waals surface area contributed by atoms with Crippen LogP contribution in [0.4, 0.5) is 5.69 Å². The van der Waals surface area contributed by atoms with Gasteiger partial charge in [0, 0.05) is 24.2 Å². The molecular formula is C19H29N3O2S. The third-order valence-electron chi connectivity index (χ3n) is 4.08. The average molecular weight is 364 g/mol. The molecule has 0 aliphatic carbocycles. The van der Waals surface area contributed by atoms with Crippen LogP contribution < -0.4 is 4.31 Å². The molecule has 1 aromatic carbocycles. The summed E-state index contributed by atoms with van der Waals surface area (Å²) in [5.74, 6) is 0. The Bertz CT molecular complexity index is 846. The maximum absolute atomic E-state index is 13.5. The fourth-order valence-corrected chi connectivity index (χ4v) is 4.54. The van der Waals surface area contributed by atoms with Gasteiger partial charge in [-0.15, -0.1) is 0 Å². The van der Waals surface area contributed by atoms with E-state index in [2.05, 4.69) is 5.10 Å². The summed E-state index contributed by atoms with van der Waals surface area (Å²) in [5.41, 5.74) is 1.95. The van der Waals surface area contributed by atoms with Crippen LogP contribution in [0.5, 0.6) is 0 Å². The van der Waals surface area contributed by atoms with Crippen molar-refractivity contribution < 1.29 is 8.42 Å². The van der Waals surface area contributed by atoms with Crippen LogP contribution >= 0.6 is 0 Å². The lowest BCUT2D eigenvalue weighted by Gasteiger charge is -2.25. The molecule has 5 nitrogen and oxygen atoms in total. The number of hydrogen-bond donors (Lipinski definition) is 0. The summed E-state index contributed by atoms with van der Waals surface area (Å²) in [6.45, 7) is 14.1. The van der Waals surface area contributed by atoms with Crippen LogP contribution in [-0.2, 0) is 15.4 Å². The Morgan fingerprint density at radius 3 is 2.36 bits per heavy atom. The summed E-state index contributed by atoms with van der Waals surface area (Å²) in [7, 11) is -3.70. The summed E-state index contributed by atoms with van der Waals surface area (Å²) in [4.78, 5) is 0.289. The molecule has 138 valence electrons. The predicted octanol–water partition coefficient (Wildman–Crippen LogP) is 4.29. The zero-order valence-electron chi connectivity index (χ0n) is 16.2. The molecule has 0 N–H and O–H groups in total. The lowest BCUT2D eigenvalue weighted by molar-refractivity contribution is 0.493. The van der Waals surface area contributed by atoms with E-state index in [1.165, 1.54) is 4.31 Å². The zero-order valence-corrected chi connectivity index (χ0v) is 17.1. The van der Waals surface area contributed by atoms with E-state index in [1.807, 2.05) is 72.7 Å². The van der Waals surface area contributed by atoms with Gasteiger partial charge in [-0.05, 0) is 45.4 Å². The minimum Gasteiger partial charge on any atom is -0.269 e. The highest BCUT2D eigenvalue weighted by Gasteiger charge is 2.34.